The number of benzene rings is 1. The molecule has 1 heterocycles. The Bertz CT molecular complexity index is 566. The zero-order valence-electron chi connectivity index (χ0n) is 8.59. The van der Waals surface area contributed by atoms with E-state index >= 15 is 0 Å². The lowest BCUT2D eigenvalue weighted by Gasteiger charge is -2.09. The summed E-state index contributed by atoms with van der Waals surface area (Å²) in [6, 6.07) is 3.66. The van der Waals surface area contributed by atoms with Gasteiger partial charge in [-0.1, -0.05) is 6.07 Å². The maximum absolute atomic E-state index is 12.1. The number of halogens is 3. The number of fused-ring (bicyclic) bond motifs is 1. The SMILES string of the molecule is O=C1NC(=O)c2c(NC(=O)C(F)(F)F)cccc21. The number of alkyl halides is 3. The van der Waals surface area contributed by atoms with Crippen LogP contribution in [0.1, 0.15) is 20.7 Å². The van der Waals surface area contributed by atoms with Gasteiger partial charge in [-0.3, -0.25) is 19.7 Å². The maximum Gasteiger partial charge on any atom is 0.471 e. The molecule has 0 spiro atoms. The third-order valence-electron chi connectivity index (χ3n) is 2.27. The molecule has 2 rings (SSSR count). The van der Waals surface area contributed by atoms with Crippen LogP contribution in [-0.4, -0.2) is 23.9 Å². The molecule has 8 heteroatoms. The molecule has 0 aliphatic carbocycles. The largest absolute Gasteiger partial charge is 0.471 e. The van der Waals surface area contributed by atoms with E-state index in [-0.39, 0.29) is 16.8 Å². The Labute approximate surface area is 98.0 Å². The fourth-order valence-electron chi connectivity index (χ4n) is 1.52. The van der Waals surface area contributed by atoms with Gasteiger partial charge in [-0.15, -0.1) is 0 Å². The van der Waals surface area contributed by atoms with Gasteiger partial charge >= 0.3 is 12.1 Å². The molecule has 2 N–H and O–H groups in total. The highest BCUT2D eigenvalue weighted by Crippen LogP contribution is 2.26. The van der Waals surface area contributed by atoms with Crippen molar-refractivity contribution in [1.29, 1.82) is 0 Å². The van der Waals surface area contributed by atoms with Crippen molar-refractivity contribution >= 4 is 23.4 Å². The van der Waals surface area contributed by atoms with Crippen molar-refractivity contribution in [2.45, 2.75) is 6.18 Å². The predicted octanol–water partition coefficient (Wildman–Crippen LogP) is 1.07. The molecule has 18 heavy (non-hydrogen) atoms. The van der Waals surface area contributed by atoms with Crippen LogP contribution in [-0.2, 0) is 4.79 Å². The zero-order valence-corrected chi connectivity index (χ0v) is 8.59. The Hall–Kier alpha value is -2.38. The number of carbonyl (C=O) groups is 3. The van der Waals surface area contributed by atoms with Crippen molar-refractivity contribution in [2.24, 2.45) is 0 Å². The third-order valence-corrected chi connectivity index (χ3v) is 2.27. The van der Waals surface area contributed by atoms with Gasteiger partial charge in [-0.05, 0) is 12.1 Å². The van der Waals surface area contributed by atoms with E-state index in [2.05, 4.69) is 0 Å². The van der Waals surface area contributed by atoms with Gasteiger partial charge in [0.15, 0.2) is 0 Å². The summed E-state index contributed by atoms with van der Waals surface area (Å²) >= 11 is 0. The number of carbonyl (C=O) groups excluding carboxylic acids is 3. The lowest BCUT2D eigenvalue weighted by atomic mass is 10.1. The van der Waals surface area contributed by atoms with Crippen LogP contribution >= 0.6 is 0 Å². The van der Waals surface area contributed by atoms with Gasteiger partial charge in [0.2, 0.25) is 0 Å². The lowest BCUT2D eigenvalue weighted by Crippen LogP contribution is -2.30. The molecule has 1 aliphatic rings. The Balaban J connectivity index is 2.40. The highest BCUT2D eigenvalue weighted by atomic mass is 19.4. The average molecular weight is 258 g/mol. The van der Waals surface area contributed by atoms with E-state index in [0.717, 1.165) is 6.07 Å². The molecule has 1 aromatic rings. The fraction of sp³-hybridized carbons (Fsp3) is 0.100. The number of rotatable bonds is 1. The minimum atomic E-state index is -5.07. The summed E-state index contributed by atoms with van der Waals surface area (Å²) in [5, 5.41) is 3.48. The summed E-state index contributed by atoms with van der Waals surface area (Å²) < 4.78 is 36.2. The van der Waals surface area contributed by atoms with E-state index in [9.17, 15) is 27.6 Å². The number of hydrogen-bond acceptors (Lipinski definition) is 3. The topological polar surface area (TPSA) is 75.3 Å². The maximum atomic E-state index is 12.1. The van der Waals surface area contributed by atoms with Crippen LogP contribution in [0.5, 0.6) is 0 Å². The number of anilines is 1. The van der Waals surface area contributed by atoms with Gasteiger partial charge in [0.25, 0.3) is 11.8 Å². The van der Waals surface area contributed by atoms with Crippen LogP contribution in [0.4, 0.5) is 18.9 Å². The molecule has 0 bridgehead atoms. The molecule has 0 saturated heterocycles. The fourth-order valence-corrected chi connectivity index (χ4v) is 1.52. The van der Waals surface area contributed by atoms with Gasteiger partial charge in [0.1, 0.15) is 0 Å². The minimum absolute atomic E-state index is 0.0695. The van der Waals surface area contributed by atoms with E-state index in [1.54, 1.807) is 5.32 Å². The highest BCUT2D eigenvalue weighted by molar-refractivity contribution is 6.24. The van der Waals surface area contributed by atoms with Crippen LogP contribution in [0.2, 0.25) is 0 Å². The Kier molecular flexibility index (Phi) is 2.57. The molecule has 0 fully saturated rings. The van der Waals surface area contributed by atoms with E-state index in [1.165, 1.54) is 12.1 Å². The van der Waals surface area contributed by atoms with Crippen molar-refractivity contribution in [3.8, 4) is 0 Å². The standard InChI is InChI=1S/C10H5F3N2O3/c11-10(12,13)9(18)14-5-3-1-2-4-6(5)8(17)15-7(4)16/h1-3H,(H,14,18)(H,15,16,17). The van der Waals surface area contributed by atoms with Gasteiger partial charge in [0, 0.05) is 0 Å². The molecule has 0 saturated carbocycles. The number of nitrogens with one attached hydrogen (secondary N) is 2. The molecule has 3 amide bonds. The first-order valence-corrected chi connectivity index (χ1v) is 4.67. The van der Waals surface area contributed by atoms with Crippen LogP contribution < -0.4 is 10.6 Å². The van der Waals surface area contributed by atoms with Gasteiger partial charge in [-0.25, -0.2) is 0 Å². The monoisotopic (exact) mass is 258 g/mol. The van der Waals surface area contributed by atoms with Gasteiger partial charge in [0.05, 0.1) is 16.8 Å². The summed E-state index contributed by atoms with van der Waals surface area (Å²) in [4.78, 5) is 33.4. The highest BCUT2D eigenvalue weighted by Gasteiger charge is 2.40. The Morgan fingerprint density at radius 1 is 1.17 bits per heavy atom. The van der Waals surface area contributed by atoms with Crippen LogP contribution in [0, 0.1) is 0 Å². The predicted molar refractivity (Wildman–Crippen MR) is 52.9 cm³/mol. The number of imide groups is 1. The molecule has 1 aromatic carbocycles. The third kappa shape index (κ3) is 1.92. The molecule has 1 aliphatic heterocycles. The quantitative estimate of drug-likeness (QED) is 0.740. The number of hydrogen-bond donors (Lipinski definition) is 2. The first kappa shape index (κ1) is 12.1. The minimum Gasteiger partial charge on any atom is -0.317 e. The zero-order chi connectivity index (χ0) is 13.5. The summed E-state index contributed by atoms with van der Waals surface area (Å²) in [5.74, 6) is -3.76. The molecule has 5 nitrogen and oxygen atoms in total. The van der Waals surface area contributed by atoms with Crippen molar-refractivity contribution in [2.75, 3.05) is 5.32 Å². The van der Waals surface area contributed by atoms with Crippen molar-refractivity contribution < 1.29 is 27.6 Å². The van der Waals surface area contributed by atoms with Crippen LogP contribution in [0.15, 0.2) is 18.2 Å². The molecular weight excluding hydrogens is 253 g/mol. The van der Waals surface area contributed by atoms with Crippen LogP contribution in [0.3, 0.4) is 0 Å². The Morgan fingerprint density at radius 2 is 1.83 bits per heavy atom. The van der Waals surface area contributed by atoms with Crippen molar-refractivity contribution in [1.82, 2.24) is 5.32 Å². The molecule has 0 atom stereocenters. The second-order valence-electron chi connectivity index (χ2n) is 3.46. The summed E-state index contributed by atoms with van der Waals surface area (Å²) in [7, 11) is 0. The first-order valence-electron chi connectivity index (χ1n) is 4.67. The normalized spacial score (nSPS) is 14.2. The molecule has 0 radical (unpaired) electrons. The second kappa shape index (κ2) is 3.83. The van der Waals surface area contributed by atoms with E-state index < -0.39 is 23.9 Å². The average Bonchev–Trinajstić information content (AvgIpc) is 2.54. The second-order valence-corrected chi connectivity index (χ2v) is 3.46. The Morgan fingerprint density at radius 3 is 2.44 bits per heavy atom. The van der Waals surface area contributed by atoms with Crippen molar-refractivity contribution in [3.63, 3.8) is 0 Å². The van der Waals surface area contributed by atoms with E-state index in [4.69, 9.17) is 0 Å². The summed E-state index contributed by atoms with van der Waals surface area (Å²) in [6.07, 6.45) is -5.07. The molecule has 0 aromatic heterocycles. The van der Waals surface area contributed by atoms with Gasteiger partial charge < -0.3 is 5.32 Å². The smallest absolute Gasteiger partial charge is 0.317 e. The van der Waals surface area contributed by atoms with Gasteiger partial charge in [-0.2, -0.15) is 13.2 Å². The molecular formula is C10H5F3N2O3. The van der Waals surface area contributed by atoms with Crippen molar-refractivity contribution in [3.05, 3.63) is 29.3 Å². The summed E-state index contributed by atoms with van der Waals surface area (Å²) in [6.45, 7) is 0. The molecule has 94 valence electrons. The number of amides is 3. The summed E-state index contributed by atoms with van der Waals surface area (Å²) in [5.41, 5.74) is -0.682. The van der Waals surface area contributed by atoms with E-state index in [0.29, 0.717) is 0 Å². The molecule has 0 unspecified atom stereocenters. The van der Waals surface area contributed by atoms with Crippen LogP contribution in [0.25, 0.3) is 0 Å². The lowest BCUT2D eigenvalue weighted by molar-refractivity contribution is -0.167. The van der Waals surface area contributed by atoms with E-state index in [1.807, 2.05) is 5.32 Å². The first-order chi connectivity index (χ1) is 8.30.